The number of hydrogen-bond donors (Lipinski definition) is 1. The van der Waals surface area contributed by atoms with Gasteiger partial charge >= 0.3 is 0 Å². The first-order valence-electron chi connectivity index (χ1n) is 5.70. The molecule has 0 saturated carbocycles. The Balaban J connectivity index is 2.71. The summed E-state index contributed by atoms with van der Waals surface area (Å²) in [5.74, 6) is -0.387. The molecule has 0 radical (unpaired) electrons. The lowest BCUT2D eigenvalue weighted by Crippen LogP contribution is -2.26. The van der Waals surface area contributed by atoms with Gasteiger partial charge in [-0.3, -0.25) is 14.9 Å². The predicted molar refractivity (Wildman–Crippen MR) is 78.0 cm³/mol. The highest BCUT2D eigenvalue weighted by Crippen LogP contribution is 2.22. The molecular weight excluding hydrogens is 288 g/mol. The largest absolute Gasteiger partial charge is 0.352 e. The number of hydrogen-bond acceptors (Lipinski definition) is 4. The molecule has 1 unspecified atom stereocenters. The second-order valence-corrected chi connectivity index (χ2v) is 5.70. The maximum atomic E-state index is 11.9. The summed E-state index contributed by atoms with van der Waals surface area (Å²) in [6, 6.07) is 3.82. The number of halogens is 1. The van der Waals surface area contributed by atoms with Gasteiger partial charge in [-0.15, -0.1) is 0 Å². The summed E-state index contributed by atoms with van der Waals surface area (Å²) in [6.45, 7) is 2.58. The Morgan fingerprint density at radius 2 is 2.26 bits per heavy atom. The molecular formula is C12H15ClN2O3S. The van der Waals surface area contributed by atoms with Crippen molar-refractivity contribution in [1.82, 2.24) is 5.32 Å². The average molecular weight is 303 g/mol. The van der Waals surface area contributed by atoms with Crippen LogP contribution in [0.3, 0.4) is 0 Å². The summed E-state index contributed by atoms with van der Waals surface area (Å²) < 4.78 is 0. The van der Waals surface area contributed by atoms with Gasteiger partial charge in [0.25, 0.3) is 11.6 Å². The monoisotopic (exact) mass is 302 g/mol. The fourth-order valence-electron chi connectivity index (χ4n) is 1.40. The topological polar surface area (TPSA) is 72.2 Å². The summed E-state index contributed by atoms with van der Waals surface area (Å²) in [5.41, 5.74) is -0.0142. The fraction of sp³-hybridized carbons (Fsp3) is 0.417. The molecule has 7 heteroatoms. The maximum absolute atomic E-state index is 11.9. The van der Waals surface area contributed by atoms with Crippen molar-refractivity contribution in [1.29, 1.82) is 0 Å². The predicted octanol–water partition coefficient (Wildman–Crippen LogP) is 3.12. The van der Waals surface area contributed by atoms with Crippen molar-refractivity contribution in [2.24, 2.45) is 0 Å². The summed E-state index contributed by atoms with van der Waals surface area (Å²) in [5, 5.41) is 14.0. The van der Waals surface area contributed by atoms with Crippen LogP contribution in [0.25, 0.3) is 0 Å². The van der Waals surface area contributed by atoms with Gasteiger partial charge in [0.2, 0.25) is 0 Å². The molecule has 0 bridgehead atoms. The summed E-state index contributed by atoms with van der Waals surface area (Å²) >= 11 is 7.59. The van der Waals surface area contributed by atoms with E-state index in [1.165, 1.54) is 18.2 Å². The normalized spacial score (nSPS) is 11.9. The molecule has 0 aliphatic heterocycles. The Labute approximate surface area is 120 Å². The van der Waals surface area contributed by atoms with E-state index in [2.05, 4.69) is 12.2 Å². The van der Waals surface area contributed by atoms with Crippen LogP contribution in [0.15, 0.2) is 18.2 Å². The number of nitro benzene ring substituents is 1. The summed E-state index contributed by atoms with van der Waals surface area (Å²) in [6.07, 6.45) is 2.84. The first-order chi connectivity index (χ1) is 8.95. The number of nitrogens with zero attached hydrogens (tertiary/aromatic N) is 1. The third-order valence-electron chi connectivity index (χ3n) is 2.64. The van der Waals surface area contributed by atoms with E-state index < -0.39 is 4.92 Å². The first kappa shape index (κ1) is 15.8. The van der Waals surface area contributed by atoms with Gasteiger partial charge in [0, 0.05) is 23.9 Å². The number of nitro groups is 1. The molecule has 5 nitrogen and oxygen atoms in total. The molecule has 0 aliphatic carbocycles. The molecule has 0 saturated heterocycles. The van der Waals surface area contributed by atoms with Crippen LogP contribution in [0.5, 0.6) is 0 Å². The molecule has 0 fully saturated rings. The van der Waals surface area contributed by atoms with Crippen molar-refractivity contribution in [3.8, 4) is 0 Å². The second kappa shape index (κ2) is 7.35. The van der Waals surface area contributed by atoms with Crippen molar-refractivity contribution in [3.63, 3.8) is 0 Å². The van der Waals surface area contributed by atoms with Crippen LogP contribution in [-0.2, 0) is 0 Å². The van der Waals surface area contributed by atoms with Crippen LogP contribution in [0.4, 0.5) is 5.69 Å². The van der Waals surface area contributed by atoms with E-state index in [1.54, 1.807) is 11.8 Å². The molecule has 1 atom stereocenters. The van der Waals surface area contributed by atoms with Crippen LogP contribution in [0.1, 0.15) is 23.7 Å². The highest BCUT2D eigenvalue weighted by molar-refractivity contribution is 7.99. The lowest BCUT2D eigenvalue weighted by Gasteiger charge is -2.09. The maximum Gasteiger partial charge on any atom is 0.270 e. The summed E-state index contributed by atoms with van der Waals surface area (Å²) in [4.78, 5) is 22.0. The van der Waals surface area contributed by atoms with Crippen LogP contribution in [-0.4, -0.2) is 28.9 Å². The van der Waals surface area contributed by atoms with Gasteiger partial charge in [0.05, 0.1) is 15.5 Å². The highest BCUT2D eigenvalue weighted by atomic mass is 35.5. The number of carbonyl (C=O) groups is 1. The van der Waals surface area contributed by atoms with E-state index in [9.17, 15) is 14.9 Å². The molecule has 1 aromatic carbocycles. The third kappa shape index (κ3) is 4.72. The zero-order valence-electron chi connectivity index (χ0n) is 10.7. The number of nitrogens with one attached hydrogen (secondary N) is 1. The molecule has 1 rings (SSSR count). The number of benzene rings is 1. The Morgan fingerprint density at radius 1 is 1.58 bits per heavy atom. The second-order valence-electron chi connectivity index (χ2n) is 4.01. The molecule has 1 amide bonds. The van der Waals surface area contributed by atoms with Gasteiger partial charge in [0.1, 0.15) is 0 Å². The number of non-ortho nitro benzene ring substituents is 1. The molecule has 0 aliphatic rings. The quantitative estimate of drug-likeness (QED) is 0.647. The minimum absolute atomic E-state index is 0.132. The van der Waals surface area contributed by atoms with E-state index in [0.29, 0.717) is 11.8 Å². The van der Waals surface area contributed by atoms with E-state index in [-0.39, 0.29) is 22.2 Å². The SMILES string of the molecule is CSC(C)CCNC(=O)c1cc([N+](=O)[O-])ccc1Cl. The minimum Gasteiger partial charge on any atom is -0.352 e. The van der Waals surface area contributed by atoms with Gasteiger partial charge in [-0.2, -0.15) is 11.8 Å². The van der Waals surface area contributed by atoms with Crippen LogP contribution in [0.2, 0.25) is 5.02 Å². The van der Waals surface area contributed by atoms with E-state index in [1.807, 2.05) is 6.26 Å². The van der Waals surface area contributed by atoms with E-state index in [4.69, 9.17) is 11.6 Å². The average Bonchev–Trinajstić information content (AvgIpc) is 2.38. The lowest BCUT2D eigenvalue weighted by molar-refractivity contribution is -0.384. The number of carbonyl (C=O) groups excluding carboxylic acids is 1. The number of rotatable bonds is 6. The van der Waals surface area contributed by atoms with Crippen LogP contribution < -0.4 is 5.32 Å². The first-order valence-corrected chi connectivity index (χ1v) is 7.37. The molecule has 104 valence electrons. The Hall–Kier alpha value is -1.27. The van der Waals surface area contributed by atoms with Gasteiger partial charge < -0.3 is 5.32 Å². The molecule has 1 aromatic rings. The third-order valence-corrected chi connectivity index (χ3v) is 4.01. The van der Waals surface area contributed by atoms with E-state index >= 15 is 0 Å². The van der Waals surface area contributed by atoms with Gasteiger partial charge in [-0.1, -0.05) is 18.5 Å². The van der Waals surface area contributed by atoms with Gasteiger partial charge in [-0.05, 0) is 18.7 Å². The van der Waals surface area contributed by atoms with Gasteiger partial charge in [0.15, 0.2) is 0 Å². The number of amides is 1. The van der Waals surface area contributed by atoms with Crippen molar-refractivity contribution in [2.75, 3.05) is 12.8 Å². The Kier molecular flexibility index (Phi) is 6.11. The lowest BCUT2D eigenvalue weighted by atomic mass is 10.2. The Morgan fingerprint density at radius 3 is 2.84 bits per heavy atom. The number of thioether (sulfide) groups is 1. The van der Waals surface area contributed by atoms with Crippen molar-refractivity contribution in [3.05, 3.63) is 38.9 Å². The molecule has 1 N–H and O–H groups in total. The standard InChI is InChI=1S/C12H15ClN2O3S/c1-8(19-2)5-6-14-12(16)10-7-9(15(17)18)3-4-11(10)13/h3-4,7-8H,5-6H2,1-2H3,(H,14,16). The molecule has 0 aromatic heterocycles. The van der Waals surface area contributed by atoms with E-state index in [0.717, 1.165) is 6.42 Å². The van der Waals surface area contributed by atoms with Crippen molar-refractivity contribution < 1.29 is 9.72 Å². The zero-order chi connectivity index (χ0) is 14.4. The molecule has 0 heterocycles. The zero-order valence-corrected chi connectivity index (χ0v) is 12.3. The molecule has 19 heavy (non-hydrogen) atoms. The van der Waals surface area contributed by atoms with Crippen LogP contribution in [0, 0.1) is 10.1 Å². The van der Waals surface area contributed by atoms with Crippen LogP contribution >= 0.6 is 23.4 Å². The summed E-state index contributed by atoms with van der Waals surface area (Å²) in [7, 11) is 0. The van der Waals surface area contributed by atoms with Crippen molar-refractivity contribution >= 4 is 35.0 Å². The fourth-order valence-corrected chi connectivity index (χ4v) is 1.96. The van der Waals surface area contributed by atoms with Crippen molar-refractivity contribution in [2.45, 2.75) is 18.6 Å². The Bertz CT molecular complexity index is 482. The smallest absolute Gasteiger partial charge is 0.270 e. The highest BCUT2D eigenvalue weighted by Gasteiger charge is 2.15. The molecule has 0 spiro atoms. The van der Waals surface area contributed by atoms with Gasteiger partial charge in [-0.25, -0.2) is 0 Å². The minimum atomic E-state index is -0.553.